The second-order valence-electron chi connectivity index (χ2n) is 4.56. The Labute approximate surface area is 109 Å². The van der Waals surface area contributed by atoms with E-state index in [0.717, 1.165) is 11.7 Å². The predicted octanol–water partition coefficient (Wildman–Crippen LogP) is 3.33. The molecular weight excluding hydrogens is 228 g/mol. The minimum absolute atomic E-state index is 0.621. The SMILES string of the molecule is CCCCN(C(=S)NC1CC1)c1ccccc1. The van der Waals surface area contributed by atoms with Crippen LogP contribution in [-0.2, 0) is 0 Å². The van der Waals surface area contributed by atoms with Crippen molar-refractivity contribution in [2.75, 3.05) is 11.4 Å². The molecule has 3 heteroatoms. The molecule has 1 aliphatic rings. The van der Waals surface area contributed by atoms with E-state index in [9.17, 15) is 0 Å². The quantitative estimate of drug-likeness (QED) is 0.805. The Kier molecular flexibility index (Phi) is 4.37. The molecule has 0 radical (unpaired) electrons. The number of nitrogens with zero attached hydrogens (tertiary/aromatic N) is 1. The molecule has 0 amide bonds. The van der Waals surface area contributed by atoms with Gasteiger partial charge in [0.2, 0.25) is 0 Å². The minimum atomic E-state index is 0.621. The maximum absolute atomic E-state index is 5.50. The van der Waals surface area contributed by atoms with Gasteiger partial charge < -0.3 is 10.2 Å². The third kappa shape index (κ3) is 3.70. The van der Waals surface area contributed by atoms with Gasteiger partial charge in [0.1, 0.15) is 0 Å². The van der Waals surface area contributed by atoms with E-state index in [1.165, 1.54) is 31.4 Å². The zero-order chi connectivity index (χ0) is 12.1. The van der Waals surface area contributed by atoms with Gasteiger partial charge >= 0.3 is 0 Å². The van der Waals surface area contributed by atoms with Crippen LogP contribution >= 0.6 is 12.2 Å². The molecule has 0 aliphatic heterocycles. The molecule has 0 spiro atoms. The van der Waals surface area contributed by atoms with Gasteiger partial charge in [0.25, 0.3) is 0 Å². The van der Waals surface area contributed by atoms with Crippen molar-refractivity contribution in [2.24, 2.45) is 0 Å². The molecule has 0 aromatic heterocycles. The number of benzene rings is 1. The number of rotatable bonds is 5. The van der Waals surface area contributed by atoms with Gasteiger partial charge in [0.15, 0.2) is 5.11 Å². The van der Waals surface area contributed by atoms with Crippen molar-refractivity contribution in [1.82, 2.24) is 5.32 Å². The Morgan fingerprint density at radius 1 is 1.35 bits per heavy atom. The van der Waals surface area contributed by atoms with Crippen LogP contribution in [0.3, 0.4) is 0 Å². The summed E-state index contributed by atoms with van der Waals surface area (Å²) in [6.07, 6.45) is 4.88. The lowest BCUT2D eigenvalue weighted by Gasteiger charge is -2.26. The van der Waals surface area contributed by atoms with Crippen LogP contribution in [-0.4, -0.2) is 17.7 Å². The maximum atomic E-state index is 5.50. The molecule has 1 saturated carbocycles. The first kappa shape index (κ1) is 12.4. The second-order valence-corrected chi connectivity index (χ2v) is 4.95. The standard InChI is InChI=1S/C14H20N2S/c1-2-3-11-16(13-7-5-4-6-8-13)14(17)15-12-9-10-12/h4-8,12H,2-3,9-11H2,1H3,(H,15,17). The maximum Gasteiger partial charge on any atom is 0.173 e. The molecule has 1 aliphatic carbocycles. The van der Waals surface area contributed by atoms with Gasteiger partial charge in [0.05, 0.1) is 0 Å². The number of anilines is 1. The molecule has 2 nitrogen and oxygen atoms in total. The Hall–Kier alpha value is -1.09. The van der Waals surface area contributed by atoms with Gasteiger partial charge in [0, 0.05) is 18.3 Å². The number of unbranched alkanes of at least 4 members (excludes halogenated alkanes) is 1. The van der Waals surface area contributed by atoms with Crippen LogP contribution in [0.15, 0.2) is 30.3 Å². The van der Waals surface area contributed by atoms with E-state index >= 15 is 0 Å². The van der Waals surface area contributed by atoms with Crippen molar-refractivity contribution in [3.63, 3.8) is 0 Å². The van der Waals surface area contributed by atoms with Crippen molar-refractivity contribution in [3.05, 3.63) is 30.3 Å². The van der Waals surface area contributed by atoms with Crippen LogP contribution in [0.4, 0.5) is 5.69 Å². The Bertz CT molecular complexity index is 360. The molecule has 0 unspecified atom stereocenters. The van der Waals surface area contributed by atoms with E-state index in [0.29, 0.717) is 6.04 Å². The third-order valence-electron chi connectivity index (χ3n) is 2.95. The van der Waals surface area contributed by atoms with Crippen LogP contribution in [0.1, 0.15) is 32.6 Å². The summed E-state index contributed by atoms with van der Waals surface area (Å²) in [5.74, 6) is 0. The molecular formula is C14H20N2S. The highest BCUT2D eigenvalue weighted by Gasteiger charge is 2.24. The van der Waals surface area contributed by atoms with Crippen LogP contribution in [0.25, 0.3) is 0 Å². The summed E-state index contributed by atoms with van der Waals surface area (Å²) in [5, 5.41) is 4.30. The highest BCUT2D eigenvalue weighted by molar-refractivity contribution is 7.80. The Morgan fingerprint density at radius 2 is 2.06 bits per heavy atom. The van der Waals surface area contributed by atoms with Crippen molar-refractivity contribution in [1.29, 1.82) is 0 Å². The van der Waals surface area contributed by atoms with Gasteiger partial charge in [-0.3, -0.25) is 0 Å². The zero-order valence-electron chi connectivity index (χ0n) is 10.4. The lowest BCUT2D eigenvalue weighted by Crippen LogP contribution is -2.41. The van der Waals surface area contributed by atoms with Crippen molar-refractivity contribution in [3.8, 4) is 0 Å². The van der Waals surface area contributed by atoms with Crippen molar-refractivity contribution < 1.29 is 0 Å². The Morgan fingerprint density at radius 3 is 2.65 bits per heavy atom. The average Bonchev–Trinajstić information content (AvgIpc) is 3.15. The van der Waals surface area contributed by atoms with Gasteiger partial charge in [-0.15, -0.1) is 0 Å². The molecule has 0 bridgehead atoms. The van der Waals surface area contributed by atoms with E-state index in [4.69, 9.17) is 12.2 Å². The summed E-state index contributed by atoms with van der Waals surface area (Å²) in [7, 11) is 0. The highest BCUT2D eigenvalue weighted by Crippen LogP contribution is 2.21. The van der Waals surface area contributed by atoms with Crippen LogP contribution in [0.5, 0.6) is 0 Å². The molecule has 1 N–H and O–H groups in total. The van der Waals surface area contributed by atoms with Gasteiger partial charge in [-0.1, -0.05) is 31.5 Å². The summed E-state index contributed by atoms with van der Waals surface area (Å²) in [4.78, 5) is 2.22. The van der Waals surface area contributed by atoms with Gasteiger partial charge in [-0.2, -0.15) is 0 Å². The highest BCUT2D eigenvalue weighted by atomic mass is 32.1. The van der Waals surface area contributed by atoms with Crippen LogP contribution in [0.2, 0.25) is 0 Å². The largest absolute Gasteiger partial charge is 0.360 e. The van der Waals surface area contributed by atoms with E-state index in [1.807, 2.05) is 6.07 Å². The molecule has 1 aromatic rings. The van der Waals surface area contributed by atoms with Gasteiger partial charge in [-0.05, 0) is 43.6 Å². The molecule has 2 rings (SSSR count). The molecule has 0 saturated heterocycles. The zero-order valence-corrected chi connectivity index (χ0v) is 11.2. The van der Waals surface area contributed by atoms with E-state index in [1.54, 1.807) is 0 Å². The molecule has 0 heterocycles. The fourth-order valence-corrected chi connectivity index (χ4v) is 2.12. The first-order chi connectivity index (χ1) is 8.31. The molecule has 0 atom stereocenters. The fourth-order valence-electron chi connectivity index (χ4n) is 1.75. The Balaban J connectivity index is 2.03. The number of nitrogens with one attached hydrogen (secondary N) is 1. The fraction of sp³-hybridized carbons (Fsp3) is 0.500. The van der Waals surface area contributed by atoms with Crippen molar-refractivity contribution >= 4 is 23.0 Å². The number of para-hydroxylation sites is 1. The molecule has 17 heavy (non-hydrogen) atoms. The topological polar surface area (TPSA) is 15.3 Å². The number of hydrogen-bond acceptors (Lipinski definition) is 1. The third-order valence-corrected chi connectivity index (χ3v) is 3.29. The van der Waals surface area contributed by atoms with E-state index in [-0.39, 0.29) is 0 Å². The second kappa shape index (κ2) is 6.01. The molecule has 1 fully saturated rings. The first-order valence-corrected chi connectivity index (χ1v) is 6.85. The number of hydrogen-bond donors (Lipinski definition) is 1. The average molecular weight is 248 g/mol. The summed E-state index contributed by atoms with van der Waals surface area (Å²) < 4.78 is 0. The molecule has 92 valence electrons. The summed E-state index contributed by atoms with van der Waals surface area (Å²) in [6.45, 7) is 3.21. The summed E-state index contributed by atoms with van der Waals surface area (Å²) in [6, 6.07) is 11.0. The summed E-state index contributed by atoms with van der Waals surface area (Å²) in [5.41, 5.74) is 1.19. The smallest absolute Gasteiger partial charge is 0.173 e. The molecule has 1 aromatic carbocycles. The van der Waals surface area contributed by atoms with Gasteiger partial charge in [-0.25, -0.2) is 0 Å². The predicted molar refractivity (Wildman–Crippen MR) is 77.5 cm³/mol. The lowest BCUT2D eigenvalue weighted by atomic mass is 10.2. The van der Waals surface area contributed by atoms with E-state index < -0.39 is 0 Å². The lowest BCUT2D eigenvalue weighted by molar-refractivity contribution is 0.780. The van der Waals surface area contributed by atoms with Crippen LogP contribution < -0.4 is 10.2 Å². The first-order valence-electron chi connectivity index (χ1n) is 6.44. The van der Waals surface area contributed by atoms with Crippen LogP contribution in [0, 0.1) is 0 Å². The normalized spacial score (nSPS) is 14.4. The van der Waals surface area contributed by atoms with Crippen molar-refractivity contribution in [2.45, 2.75) is 38.6 Å². The monoisotopic (exact) mass is 248 g/mol. The number of thiocarbonyl (C=S) groups is 1. The minimum Gasteiger partial charge on any atom is -0.360 e. The summed E-state index contributed by atoms with van der Waals surface area (Å²) >= 11 is 5.50. The van der Waals surface area contributed by atoms with E-state index in [2.05, 4.69) is 41.4 Å².